The van der Waals surface area contributed by atoms with Crippen LogP contribution in [0.25, 0.3) is 10.2 Å². The van der Waals surface area contributed by atoms with Crippen molar-refractivity contribution in [3.8, 4) is 0 Å². The predicted molar refractivity (Wildman–Crippen MR) is 77.6 cm³/mol. The Labute approximate surface area is 115 Å². The van der Waals surface area contributed by atoms with Crippen LogP contribution in [0.4, 0.5) is 0 Å². The van der Waals surface area contributed by atoms with Gasteiger partial charge >= 0.3 is 5.01 Å². The van der Waals surface area contributed by atoms with Gasteiger partial charge in [0.2, 0.25) is 11.3 Å². The van der Waals surface area contributed by atoms with Gasteiger partial charge < -0.3 is 0 Å². The molecule has 2 nitrogen and oxygen atoms in total. The average Bonchev–Trinajstić information content (AvgIpc) is 2.79. The number of rotatable bonds is 3. The fourth-order valence-corrected chi connectivity index (χ4v) is 3.27. The van der Waals surface area contributed by atoms with Gasteiger partial charge in [-0.15, -0.1) is 0 Å². The molecule has 3 aromatic rings. The van der Waals surface area contributed by atoms with Crippen LogP contribution in [0.3, 0.4) is 0 Å². The first-order chi connectivity index (χ1) is 9.25. The van der Waals surface area contributed by atoms with Gasteiger partial charge in [-0.3, -0.25) is 4.79 Å². The number of carbonyl (C=O) groups excluding carboxylic acids is 1. The summed E-state index contributed by atoms with van der Waals surface area (Å²) in [6.45, 7) is 2.37. The Balaban J connectivity index is 2.15. The van der Waals surface area contributed by atoms with Crippen LogP contribution in [0.2, 0.25) is 0 Å². The van der Waals surface area contributed by atoms with E-state index in [1.54, 1.807) is 18.3 Å². The van der Waals surface area contributed by atoms with Crippen LogP contribution in [0.1, 0.15) is 22.3 Å². The van der Waals surface area contributed by atoms with E-state index in [2.05, 4.69) is 28.8 Å². The second-order valence-corrected chi connectivity index (χ2v) is 5.53. The molecule has 0 N–H and O–H groups in total. The van der Waals surface area contributed by atoms with E-state index in [1.165, 1.54) is 5.56 Å². The largest absolute Gasteiger partial charge is 0.306 e. The summed E-state index contributed by atoms with van der Waals surface area (Å²) in [5, 5.41) is 0.810. The van der Waals surface area contributed by atoms with Crippen LogP contribution < -0.4 is 4.57 Å². The summed E-state index contributed by atoms with van der Waals surface area (Å²) >= 11 is 1.56. The molecule has 0 amide bonds. The topological polar surface area (TPSA) is 20.9 Å². The molecule has 0 radical (unpaired) electrons. The maximum Gasteiger partial charge on any atom is 0.306 e. The molecule has 94 valence electrons. The standard InChI is InChI=1S/C16H14NOS/c1-12(18)16-17(11-13-7-3-2-4-8-13)14-9-5-6-10-15(14)19-16/h2-10H,11H2,1H3/q+1. The van der Waals surface area contributed by atoms with E-state index in [0.29, 0.717) is 0 Å². The van der Waals surface area contributed by atoms with Gasteiger partial charge in [-0.05, 0) is 6.07 Å². The molecule has 0 aliphatic carbocycles. The van der Waals surface area contributed by atoms with Crippen LogP contribution in [0, 0.1) is 0 Å². The van der Waals surface area contributed by atoms with Crippen LogP contribution in [-0.4, -0.2) is 5.78 Å². The number of Topliss-reactive ketones (excluding diaryl/α,β-unsaturated/α-hetero) is 1. The Morgan fingerprint density at radius 2 is 1.74 bits per heavy atom. The number of fused-ring (bicyclic) bond motifs is 1. The number of carbonyl (C=O) groups is 1. The Hall–Kier alpha value is -2.00. The zero-order valence-electron chi connectivity index (χ0n) is 10.7. The van der Waals surface area contributed by atoms with Gasteiger partial charge in [-0.25, -0.2) is 0 Å². The minimum atomic E-state index is 0.122. The van der Waals surface area contributed by atoms with Gasteiger partial charge in [0.25, 0.3) is 0 Å². The third-order valence-corrected chi connectivity index (χ3v) is 4.36. The Bertz CT molecular complexity index is 731. The molecule has 3 rings (SSSR count). The van der Waals surface area contributed by atoms with E-state index in [0.717, 1.165) is 21.8 Å². The monoisotopic (exact) mass is 268 g/mol. The first-order valence-electron chi connectivity index (χ1n) is 6.22. The van der Waals surface area contributed by atoms with E-state index in [9.17, 15) is 4.79 Å². The molecule has 0 unspecified atom stereocenters. The van der Waals surface area contributed by atoms with Crippen molar-refractivity contribution in [1.82, 2.24) is 0 Å². The lowest BCUT2D eigenvalue weighted by Gasteiger charge is -1.98. The number of aromatic nitrogens is 1. The quantitative estimate of drug-likeness (QED) is 0.526. The minimum Gasteiger partial charge on any atom is -0.287 e. The van der Waals surface area contributed by atoms with Crippen LogP contribution in [0.5, 0.6) is 0 Å². The number of hydrogen-bond donors (Lipinski definition) is 0. The van der Waals surface area contributed by atoms with E-state index in [-0.39, 0.29) is 5.78 Å². The fraction of sp³-hybridized carbons (Fsp3) is 0.125. The van der Waals surface area contributed by atoms with Crippen molar-refractivity contribution in [2.45, 2.75) is 13.5 Å². The summed E-state index contributed by atoms with van der Waals surface area (Å²) in [7, 11) is 0. The lowest BCUT2D eigenvalue weighted by Crippen LogP contribution is -2.38. The van der Waals surface area contributed by atoms with Gasteiger partial charge in [0.05, 0.1) is 0 Å². The Kier molecular flexibility index (Phi) is 3.13. The number of thiazole rings is 1. The molecule has 0 aliphatic heterocycles. The van der Waals surface area contributed by atoms with Crippen molar-refractivity contribution in [3.63, 3.8) is 0 Å². The molecule has 3 heteroatoms. The van der Waals surface area contributed by atoms with E-state index in [1.807, 2.05) is 30.3 Å². The molecular formula is C16H14NOS+. The second kappa shape index (κ2) is 4.94. The van der Waals surface area contributed by atoms with Gasteiger partial charge in [0, 0.05) is 18.6 Å². The zero-order valence-corrected chi connectivity index (χ0v) is 11.5. The Morgan fingerprint density at radius 3 is 2.47 bits per heavy atom. The smallest absolute Gasteiger partial charge is 0.287 e. The van der Waals surface area contributed by atoms with Crippen molar-refractivity contribution < 1.29 is 9.36 Å². The van der Waals surface area contributed by atoms with E-state index in [4.69, 9.17) is 0 Å². The highest BCUT2D eigenvalue weighted by atomic mass is 32.1. The highest BCUT2D eigenvalue weighted by Crippen LogP contribution is 2.21. The van der Waals surface area contributed by atoms with Crippen molar-refractivity contribution >= 4 is 27.3 Å². The number of hydrogen-bond acceptors (Lipinski definition) is 2. The first kappa shape index (κ1) is 12.1. The molecule has 0 spiro atoms. The maximum absolute atomic E-state index is 11.8. The Morgan fingerprint density at radius 1 is 1.05 bits per heavy atom. The lowest BCUT2D eigenvalue weighted by atomic mass is 10.2. The molecule has 0 aliphatic rings. The number of ketones is 1. The fourth-order valence-electron chi connectivity index (χ4n) is 2.22. The SMILES string of the molecule is CC(=O)c1sc2ccccc2[n+]1Cc1ccccc1. The highest BCUT2D eigenvalue weighted by molar-refractivity contribution is 7.19. The third-order valence-electron chi connectivity index (χ3n) is 3.09. The minimum absolute atomic E-state index is 0.122. The van der Waals surface area contributed by atoms with Crippen molar-refractivity contribution in [1.29, 1.82) is 0 Å². The van der Waals surface area contributed by atoms with Gasteiger partial charge in [0.15, 0.2) is 6.54 Å². The summed E-state index contributed by atoms with van der Waals surface area (Å²) in [6.07, 6.45) is 0. The van der Waals surface area contributed by atoms with Crippen molar-refractivity contribution in [3.05, 3.63) is 65.2 Å². The molecule has 1 heterocycles. The number of para-hydroxylation sites is 1. The molecular weight excluding hydrogens is 254 g/mol. The first-order valence-corrected chi connectivity index (χ1v) is 7.03. The summed E-state index contributed by atoms with van der Waals surface area (Å²) in [5.74, 6) is 0.122. The molecule has 0 saturated carbocycles. The molecule has 0 bridgehead atoms. The van der Waals surface area contributed by atoms with Gasteiger partial charge in [0.1, 0.15) is 4.70 Å². The van der Waals surface area contributed by atoms with Crippen LogP contribution >= 0.6 is 11.3 Å². The zero-order chi connectivity index (χ0) is 13.2. The lowest BCUT2D eigenvalue weighted by molar-refractivity contribution is -0.659. The summed E-state index contributed by atoms with van der Waals surface area (Å²) in [4.78, 5) is 11.8. The van der Waals surface area contributed by atoms with Gasteiger partial charge in [-0.2, -0.15) is 4.57 Å². The van der Waals surface area contributed by atoms with Crippen molar-refractivity contribution in [2.75, 3.05) is 0 Å². The molecule has 1 aromatic heterocycles. The molecule has 19 heavy (non-hydrogen) atoms. The molecule has 0 saturated heterocycles. The highest BCUT2D eigenvalue weighted by Gasteiger charge is 2.23. The number of nitrogens with zero attached hydrogens (tertiary/aromatic N) is 1. The summed E-state index contributed by atoms with van der Waals surface area (Å²) < 4.78 is 3.26. The van der Waals surface area contributed by atoms with E-state index < -0.39 is 0 Å². The average molecular weight is 268 g/mol. The second-order valence-electron chi connectivity index (χ2n) is 4.50. The normalized spacial score (nSPS) is 10.8. The summed E-state index contributed by atoms with van der Waals surface area (Å²) in [5.41, 5.74) is 2.33. The molecule has 0 fully saturated rings. The molecule has 0 atom stereocenters. The van der Waals surface area contributed by atoms with Crippen molar-refractivity contribution in [2.24, 2.45) is 0 Å². The summed E-state index contributed by atoms with van der Waals surface area (Å²) in [6, 6.07) is 18.4. The van der Waals surface area contributed by atoms with E-state index >= 15 is 0 Å². The third kappa shape index (κ3) is 2.29. The van der Waals surface area contributed by atoms with Gasteiger partial charge in [-0.1, -0.05) is 53.8 Å². The number of benzene rings is 2. The molecule has 2 aromatic carbocycles. The van der Waals surface area contributed by atoms with Crippen LogP contribution in [0.15, 0.2) is 54.6 Å². The predicted octanol–water partition coefficient (Wildman–Crippen LogP) is 3.44. The maximum atomic E-state index is 11.8. The van der Waals surface area contributed by atoms with Crippen LogP contribution in [-0.2, 0) is 6.54 Å².